The van der Waals surface area contributed by atoms with E-state index in [1.165, 1.54) is 22.4 Å². The smallest absolute Gasteiger partial charge is 0.280 e. The van der Waals surface area contributed by atoms with Gasteiger partial charge in [0.05, 0.1) is 10.0 Å². The summed E-state index contributed by atoms with van der Waals surface area (Å²) in [5, 5.41) is 13.4. The maximum Gasteiger partial charge on any atom is 0.280 e. The van der Waals surface area contributed by atoms with Crippen LogP contribution in [0, 0.1) is 11.3 Å². The van der Waals surface area contributed by atoms with E-state index in [0.717, 1.165) is 11.4 Å². The third-order valence-corrected chi connectivity index (χ3v) is 8.18. The van der Waals surface area contributed by atoms with E-state index in [-0.39, 0.29) is 33.4 Å². The number of nitrogens with one attached hydrogen (secondary N) is 1. The van der Waals surface area contributed by atoms with Crippen molar-refractivity contribution in [2.75, 3.05) is 5.01 Å². The molecule has 2 heterocycles. The van der Waals surface area contributed by atoms with Gasteiger partial charge in [0, 0.05) is 22.8 Å². The van der Waals surface area contributed by atoms with E-state index in [1.807, 2.05) is 32.0 Å². The Balaban J connectivity index is 1.57. The van der Waals surface area contributed by atoms with Gasteiger partial charge in [0.2, 0.25) is 5.91 Å². The first-order valence-electron chi connectivity index (χ1n) is 13.0. The third kappa shape index (κ3) is 6.32. The van der Waals surface area contributed by atoms with Crippen LogP contribution in [-0.4, -0.2) is 27.4 Å². The zero-order valence-electron chi connectivity index (χ0n) is 22.4. The fourth-order valence-corrected chi connectivity index (χ4v) is 6.12. The molecular formula is C29H32Cl3N5O2. The van der Waals surface area contributed by atoms with Crippen molar-refractivity contribution >= 4 is 58.1 Å². The number of amides is 2. The van der Waals surface area contributed by atoms with Crippen molar-refractivity contribution in [3.05, 3.63) is 81.6 Å². The molecule has 1 aromatic heterocycles. The zero-order chi connectivity index (χ0) is 28.3. The Morgan fingerprint density at radius 1 is 1.10 bits per heavy atom. The Hall–Kier alpha value is -2.87. The molecule has 206 valence electrons. The van der Waals surface area contributed by atoms with Gasteiger partial charge in [-0.2, -0.15) is 10.1 Å². The van der Waals surface area contributed by atoms with Crippen molar-refractivity contribution in [3.8, 4) is 0 Å². The quantitative estimate of drug-likeness (QED) is 0.281. The Morgan fingerprint density at radius 3 is 2.36 bits per heavy atom. The number of nitrogens with zero attached hydrogens (tertiary/aromatic N) is 4. The van der Waals surface area contributed by atoms with Crippen LogP contribution in [0.1, 0.15) is 64.5 Å². The van der Waals surface area contributed by atoms with Gasteiger partial charge in [0.25, 0.3) is 5.91 Å². The van der Waals surface area contributed by atoms with Crippen molar-refractivity contribution in [2.24, 2.45) is 16.4 Å². The highest BCUT2D eigenvalue weighted by atomic mass is 35.5. The molecule has 0 saturated heterocycles. The van der Waals surface area contributed by atoms with E-state index in [9.17, 15) is 9.59 Å². The number of rotatable bonds is 9. The van der Waals surface area contributed by atoms with Crippen LogP contribution >= 0.6 is 34.8 Å². The summed E-state index contributed by atoms with van der Waals surface area (Å²) >= 11 is 18.9. The van der Waals surface area contributed by atoms with Gasteiger partial charge in [-0.25, -0.2) is 0 Å². The molecule has 0 bridgehead atoms. The van der Waals surface area contributed by atoms with Crippen molar-refractivity contribution in [1.29, 1.82) is 0 Å². The summed E-state index contributed by atoms with van der Waals surface area (Å²) in [4.78, 5) is 27.4. The number of carbonyl (C=O) groups excluding carboxylic acids is 2. The van der Waals surface area contributed by atoms with Gasteiger partial charge in [0.15, 0.2) is 11.9 Å². The highest BCUT2D eigenvalue weighted by Gasteiger charge is 2.43. The highest BCUT2D eigenvalue weighted by Crippen LogP contribution is 2.40. The number of hydrogen-bond acceptors (Lipinski definition) is 4. The summed E-state index contributed by atoms with van der Waals surface area (Å²) < 4.78 is 1.45. The van der Waals surface area contributed by atoms with Gasteiger partial charge >= 0.3 is 0 Å². The standard InChI is InChI=1S/C29H32Cl3N5O2/c1-5-29(4,17-18(2)14-19(3)20-10-7-6-8-11-20)28(39)34-26-25(36-13-9-12-33-36)27(38)37(35-26)24-22(31)15-21(30)16-23(24)32/h6-13,15-16,18-19,25H,5,14,17H2,1-4H3,(H,34,35,39). The molecule has 7 nitrogen and oxygen atoms in total. The summed E-state index contributed by atoms with van der Waals surface area (Å²) in [7, 11) is 0. The van der Waals surface area contributed by atoms with Crippen LogP contribution in [0.2, 0.25) is 15.1 Å². The first-order chi connectivity index (χ1) is 18.5. The van der Waals surface area contributed by atoms with Crippen molar-refractivity contribution in [2.45, 2.75) is 58.9 Å². The summed E-state index contributed by atoms with van der Waals surface area (Å²) in [6.45, 7) is 8.34. The van der Waals surface area contributed by atoms with E-state index in [4.69, 9.17) is 34.8 Å². The molecule has 10 heteroatoms. The van der Waals surface area contributed by atoms with Gasteiger partial charge in [-0.15, -0.1) is 5.10 Å². The number of anilines is 1. The molecule has 0 spiro atoms. The lowest BCUT2D eigenvalue weighted by Crippen LogP contribution is -2.45. The molecule has 3 aromatic rings. The molecule has 1 aliphatic heterocycles. The van der Waals surface area contributed by atoms with Crippen LogP contribution in [0.25, 0.3) is 0 Å². The Kier molecular flexibility index (Phi) is 9.04. The molecule has 0 fully saturated rings. The summed E-state index contributed by atoms with van der Waals surface area (Å²) in [5.74, 6) is 0.147. The van der Waals surface area contributed by atoms with E-state index in [2.05, 4.69) is 41.5 Å². The van der Waals surface area contributed by atoms with E-state index in [0.29, 0.717) is 23.8 Å². The molecule has 4 unspecified atom stereocenters. The first kappa shape index (κ1) is 29.1. The average molecular weight is 589 g/mol. The number of benzene rings is 2. The Morgan fingerprint density at radius 2 is 1.77 bits per heavy atom. The van der Waals surface area contributed by atoms with Gasteiger partial charge in [-0.05, 0) is 54.9 Å². The molecular weight excluding hydrogens is 557 g/mol. The van der Waals surface area contributed by atoms with Crippen LogP contribution in [0.15, 0.2) is 66.0 Å². The van der Waals surface area contributed by atoms with Crippen molar-refractivity contribution in [1.82, 2.24) is 15.1 Å². The lowest BCUT2D eigenvalue weighted by Gasteiger charge is -2.31. The van der Waals surface area contributed by atoms with Crippen molar-refractivity contribution in [3.63, 3.8) is 0 Å². The summed E-state index contributed by atoms with van der Waals surface area (Å²) in [6.07, 6.45) is 5.45. The van der Waals surface area contributed by atoms with E-state index < -0.39 is 17.4 Å². The number of hydrazone groups is 1. The number of hydrogen-bond donors (Lipinski definition) is 1. The normalized spacial score (nSPS) is 18.4. The lowest BCUT2D eigenvalue weighted by atomic mass is 9.75. The minimum absolute atomic E-state index is 0.153. The van der Waals surface area contributed by atoms with Crippen LogP contribution in [0.4, 0.5) is 5.69 Å². The third-order valence-electron chi connectivity index (χ3n) is 7.39. The number of halogens is 3. The molecule has 1 N–H and O–H groups in total. The minimum Gasteiger partial charge on any atom is -0.310 e. The minimum atomic E-state index is -0.983. The molecule has 2 amide bonds. The monoisotopic (exact) mass is 587 g/mol. The van der Waals surface area contributed by atoms with Crippen molar-refractivity contribution < 1.29 is 9.59 Å². The second-order valence-corrected chi connectivity index (χ2v) is 11.7. The maximum absolute atomic E-state index is 13.8. The second-order valence-electron chi connectivity index (χ2n) is 10.5. The molecule has 0 radical (unpaired) electrons. The zero-order valence-corrected chi connectivity index (χ0v) is 24.6. The van der Waals surface area contributed by atoms with E-state index in [1.54, 1.807) is 18.5 Å². The van der Waals surface area contributed by atoms with Gasteiger partial charge < -0.3 is 5.32 Å². The summed E-state index contributed by atoms with van der Waals surface area (Å²) in [5.41, 5.74) is 0.794. The fraction of sp³-hybridized carbons (Fsp3) is 0.379. The molecule has 4 rings (SSSR count). The molecule has 0 saturated carbocycles. The topological polar surface area (TPSA) is 79.6 Å². The number of aromatic nitrogens is 2. The molecule has 39 heavy (non-hydrogen) atoms. The van der Waals surface area contributed by atoms with Gasteiger partial charge in [-0.1, -0.05) is 92.8 Å². The molecule has 4 atom stereocenters. The van der Waals surface area contributed by atoms with E-state index >= 15 is 0 Å². The fourth-order valence-electron chi connectivity index (χ4n) is 5.15. The number of amidine groups is 1. The first-order valence-corrected chi connectivity index (χ1v) is 14.1. The van der Waals surface area contributed by atoms with Crippen LogP contribution < -0.4 is 10.3 Å². The largest absolute Gasteiger partial charge is 0.310 e. The molecule has 2 aromatic carbocycles. The van der Waals surface area contributed by atoms with Gasteiger partial charge in [0.1, 0.15) is 5.69 Å². The van der Waals surface area contributed by atoms with Crippen LogP contribution in [0.3, 0.4) is 0 Å². The van der Waals surface area contributed by atoms with Gasteiger partial charge in [-0.3, -0.25) is 14.3 Å². The van der Waals surface area contributed by atoms with Crippen LogP contribution in [0.5, 0.6) is 0 Å². The average Bonchev–Trinajstić information content (AvgIpc) is 3.52. The maximum atomic E-state index is 13.8. The Bertz CT molecular complexity index is 1340. The molecule has 1 aliphatic rings. The Labute approximate surface area is 244 Å². The SMILES string of the molecule is CCC(C)(CC(C)CC(C)c1ccccc1)C(=O)NC1=NN(c2c(Cl)cc(Cl)cc2Cl)C(=O)C1n1cccn1. The van der Waals surface area contributed by atoms with Crippen LogP contribution in [-0.2, 0) is 9.59 Å². The molecule has 0 aliphatic carbocycles. The lowest BCUT2D eigenvalue weighted by molar-refractivity contribution is -0.129. The predicted octanol–water partition coefficient (Wildman–Crippen LogP) is 7.50. The second kappa shape index (κ2) is 12.1. The number of carbonyl (C=O) groups is 2. The summed E-state index contributed by atoms with van der Waals surface area (Å²) in [6, 6.07) is 14.1. The highest BCUT2D eigenvalue weighted by molar-refractivity contribution is 6.42. The predicted molar refractivity (Wildman–Crippen MR) is 157 cm³/mol.